The number of amides is 3. The molecule has 1 aliphatic carbocycles. The molecule has 2 aliphatic heterocycles. The van der Waals surface area contributed by atoms with Crippen molar-refractivity contribution in [2.75, 3.05) is 38.1 Å². The lowest BCUT2D eigenvalue weighted by molar-refractivity contribution is -0.126. The van der Waals surface area contributed by atoms with Crippen molar-refractivity contribution >= 4 is 23.4 Å². The normalized spacial score (nSPS) is 20.9. The van der Waals surface area contributed by atoms with Gasteiger partial charge in [-0.3, -0.25) is 19.3 Å². The second-order valence-electron chi connectivity index (χ2n) is 7.33. The number of ether oxygens (including phenoxy) is 1. The molecule has 1 aromatic carbocycles. The van der Waals surface area contributed by atoms with Gasteiger partial charge in [0.2, 0.25) is 5.91 Å². The molecule has 3 aliphatic rings. The summed E-state index contributed by atoms with van der Waals surface area (Å²) in [6.45, 7) is 4.38. The molecule has 144 valence electrons. The fourth-order valence-electron chi connectivity index (χ4n) is 3.43. The van der Waals surface area contributed by atoms with Gasteiger partial charge < -0.3 is 20.3 Å². The van der Waals surface area contributed by atoms with E-state index < -0.39 is 0 Å². The second-order valence-corrected chi connectivity index (χ2v) is 7.33. The molecule has 2 fully saturated rings. The van der Waals surface area contributed by atoms with Crippen LogP contribution in [-0.2, 0) is 9.59 Å². The Balaban J connectivity index is 1.35. The van der Waals surface area contributed by atoms with Gasteiger partial charge in [-0.15, -0.1) is 0 Å². The van der Waals surface area contributed by atoms with Gasteiger partial charge in [0.25, 0.3) is 11.8 Å². The van der Waals surface area contributed by atoms with E-state index >= 15 is 0 Å². The van der Waals surface area contributed by atoms with Crippen molar-refractivity contribution < 1.29 is 19.1 Å². The number of carbonyl (C=O) groups excluding carboxylic acids is 3. The number of nitrogens with zero attached hydrogens (tertiary/aromatic N) is 2. The monoisotopic (exact) mass is 372 g/mol. The number of carbonyl (C=O) groups is 3. The molecule has 8 heteroatoms. The van der Waals surface area contributed by atoms with Crippen LogP contribution in [0.3, 0.4) is 0 Å². The summed E-state index contributed by atoms with van der Waals surface area (Å²) in [5, 5.41) is 5.76. The van der Waals surface area contributed by atoms with Crippen molar-refractivity contribution in [2.24, 2.45) is 0 Å². The van der Waals surface area contributed by atoms with E-state index in [0.717, 1.165) is 12.8 Å². The third kappa shape index (κ3) is 3.90. The summed E-state index contributed by atoms with van der Waals surface area (Å²) >= 11 is 0. The number of benzene rings is 1. The van der Waals surface area contributed by atoms with Gasteiger partial charge in [0, 0.05) is 37.8 Å². The summed E-state index contributed by atoms with van der Waals surface area (Å²) in [5.74, 6) is 0.348. The van der Waals surface area contributed by atoms with Gasteiger partial charge in [-0.2, -0.15) is 0 Å². The number of anilines is 1. The number of piperazine rings is 1. The molecule has 1 saturated heterocycles. The molecular formula is C19H24N4O4. The topological polar surface area (TPSA) is 91.0 Å². The molecule has 0 aromatic heterocycles. The van der Waals surface area contributed by atoms with Crippen LogP contribution in [0.4, 0.5) is 5.69 Å². The molecule has 1 unspecified atom stereocenters. The maximum atomic E-state index is 12.8. The zero-order valence-electron chi connectivity index (χ0n) is 15.4. The molecule has 0 spiro atoms. The van der Waals surface area contributed by atoms with Crippen molar-refractivity contribution in [1.82, 2.24) is 15.1 Å². The van der Waals surface area contributed by atoms with Gasteiger partial charge in [-0.05, 0) is 38.0 Å². The Morgan fingerprint density at radius 1 is 1.22 bits per heavy atom. The van der Waals surface area contributed by atoms with Gasteiger partial charge in [0.15, 0.2) is 6.61 Å². The predicted octanol–water partition coefficient (Wildman–Crippen LogP) is 0.442. The Morgan fingerprint density at radius 3 is 2.67 bits per heavy atom. The van der Waals surface area contributed by atoms with Crippen molar-refractivity contribution in [3.8, 4) is 5.75 Å². The number of rotatable bonds is 4. The van der Waals surface area contributed by atoms with Crippen LogP contribution in [0.1, 0.15) is 30.1 Å². The van der Waals surface area contributed by atoms with Gasteiger partial charge in [-0.25, -0.2) is 0 Å². The van der Waals surface area contributed by atoms with E-state index in [2.05, 4.69) is 15.5 Å². The lowest BCUT2D eigenvalue weighted by Crippen LogP contribution is -2.55. The van der Waals surface area contributed by atoms with Crippen LogP contribution in [0, 0.1) is 0 Å². The van der Waals surface area contributed by atoms with Gasteiger partial charge in [0.05, 0.1) is 11.7 Å². The minimum absolute atomic E-state index is 0.00520. The average Bonchev–Trinajstić information content (AvgIpc) is 3.50. The van der Waals surface area contributed by atoms with E-state index in [9.17, 15) is 14.4 Å². The number of hydrogen-bond donors (Lipinski definition) is 2. The van der Waals surface area contributed by atoms with Crippen molar-refractivity contribution in [3.05, 3.63) is 23.8 Å². The van der Waals surface area contributed by atoms with Crippen molar-refractivity contribution in [1.29, 1.82) is 0 Å². The Labute approximate surface area is 157 Å². The van der Waals surface area contributed by atoms with E-state index in [-0.39, 0.29) is 30.4 Å². The molecule has 1 atom stereocenters. The summed E-state index contributed by atoms with van der Waals surface area (Å²) in [4.78, 5) is 40.4. The first kappa shape index (κ1) is 17.8. The number of nitrogens with one attached hydrogen (secondary N) is 2. The molecule has 4 rings (SSSR count). The summed E-state index contributed by atoms with van der Waals surface area (Å²) in [6.07, 6.45) is 2.15. The van der Waals surface area contributed by atoms with Crippen LogP contribution in [0.5, 0.6) is 5.75 Å². The van der Waals surface area contributed by atoms with E-state index in [4.69, 9.17) is 4.74 Å². The summed E-state index contributed by atoms with van der Waals surface area (Å²) in [7, 11) is 0. The highest BCUT2D eigenvalue weighted by Crippen LogP contribution is 2.29. The molecule has 2 N–H and O–H groups in total. The fraction of sp³-hybridized carbons (Fsp3) is 0.526. The third-order valence-corrected chi connectivity index (χ3v) is 5.31. The quantitative estimate of drug-likeness (QED) is 0.801. The highest BCUT2D eigenvalue weighted by molar-refractivity contribution is 5.99. The largest absolute Gasteiger partial charge is 0.482 e. The van der Waals surface area contributed by atoms with Crippen LogP contribution in [-0.4, -0.2) is 72.4 Å². The van der Waals surface area contributed by atoms with Gasteiger partial charge in [-0.1, -0.05) is 0 Å². The first-order valence-corrected chi connectivity index (χ1v) is 9.41. The molecule has 3 amide bonds. The van der Waals surface area contributed by atoms with E-state index in [1.165, 1.54) is 0 Å². The molecule has 0 radical (unpaired) electrons. The molecule has 2 heterocycles. The average molecular weight is 372 g/mol. The lowest BCUT2D eigenvalue weighted by atomic mass is 10.1. The van der Waals surface area contributed by atoms with Gasteiger partial charge in [0.1, 0.15) is 5.75 Å². The van der Waals surface area contributed by atoms with Crippen LogP contribution in [0.25, 0.3) is 0 Å². The standard InChI is InChI=1S/C19H24N4O4/c1-12(18(25)20-14-3-4-14)22-6-8-23(9-7-22)19(26)13-2-5-16-15(10-13)21-17(24)11-27-16/h2,5,10,12,14H,3-4,6-9,11H2,1H3,(H,20,25)(H,21,24). The highest BCUT2D eigenvalue weighted by atomic mass is 16.5. The minimum atomic E-state index is -0.223. The lowest BCUT2D eigenvalue weighted by Gasteiger charge is -2.37. The van der Waals surface area contributed by atoms with Crippen LogP contribution in [0.2, 0.25) is 0 Å². The Morgan fingerprint density at radius 2 is 1.96 bits per heavy atom. The smallest absolute Gasteiger partial charge is 0.262 e. The van der Waals surface area contributed by atoms with Crippen molar-refractivity contribution in [2.45, 2.75) is 31.8 Å². The molecule has 8 nitrogen and oxygen atoms in total. The Kier molecular flexibility index (Phi) is 4.73. The molecule has 0 bridgehead atoms. The molecule has 27 heavy (non-hydrogen) atoms. The first-order chi connectivity index (χ1) is 13.0. The van der Waals surface area contributed by atoms with Gasteiger partial charge >= 0.3 is 0 Å². The summed E-state index contributed by atoms with van der Waals surface area (Å²) in [6, 6.07) is 5.27. The molecule has 1 aromatic rings. The maximum Gasteiger partial charge on any atom is 0.262 e. The highest BCUT2D eigenvalue weighted by Gasteiger charge is 2.31. The predicted molar refractivity (Wildman–Crippen MR) is 98.7 cm³/mol. The zero-order valence-corrected chi connectivity index (χ0v) is 15.4. The minimum Gasteiger partial charge on any atom is -0.482 e. The Hall–Kier alpha value is -2.61. The first-order valence-electron chi connectivity index (χ1n) is 9.41. The number of hydrogen-bond acceptors (Lipinski definition) is 5. The fourth-order valence-corrected chi connectivity index (χ4v) is 3.43. The molecule has 1 saturated carbocycles. The Bertz CT molecular complexity index is 769. The zero-order chi connectivity index (χ0) is 19.0. The van der Waals surface area contributed by atoms with Crippen LogP contribution >= 0.6 is 0 Å². The summed E-state index contributed by atoms with van der Waals surface area (Å²) in [5.41, 5.74) is 1.05. The van der Waals surface area contributed by atoms with E-state index in [1.807, 2.05) is 6.92 Å². The summed E-state index contributed by atoms with van der Waals surface area (Å²) < 4.78 is 5.33. The van der Waals surface area contributed by atoms with Crippen molar-refractivity contribution in [3.63, 3.8) is 0 Å². The number of fused-ring (bicyclic) bond motifs is 1. The third-order valence-electron chi connectivity index (χ3n) is 5.31. The molecular weight excluding hydrogens is 348 g/mol. The van der Waals surface area contributed by atoms with E-state index in [1.54, 1.807) is 23.1 Å². The van der Waals surface area contributed by atoms with Crippen LogP contribution < -0.4 is 15.4 Å². The van der Waals surface area contributed by atoms with E-state index in [0.29, 0.717) is 49.2 Å². The second kappa shape index (κ2) is 7.19. The van der Waals surface area contributed by atoms with Crippen LogP contribution in [0.15, 0.2) is 18.2 Å². The maximum absolute atomic E-state index is 12.8. The SMILES string of the molecule is CC(C(=O)NC1CC1)N1CCN(C(=O)c2ccc3c(c2)NC(=O)CO3)CC1.